The maximum atomic E-state index is 12.8. The molecule has 0 saturated heterocycles. The van der Waals surface area contributed by atoms with Crippen LogP contribution in [0.15, 0.2) is 24.3 Å². The van der Waals surface area contributed by atoms with Crippen LogP contribution < -0.4 is 21.7 Å². The number of carbonyl (C=O) groups excluding carboxylic acids is 3. The van der Waals surface area contributed by atoms with Crippen molar-refractivity contribution in [3.63, 3.8) is 0 Å². The van der Waals surface area contributed by atoms with Crippen LogP contribution in [0.3, 0.4) is 0 Å². The average molecular weight is 485 g/mol. The summed E-state index contributed by atoms with van der Waals surface area (Å²) in [6, 6.07) is 1.05. The average Bonchev–Trinajstić information content (AvgIpc) is 2.80. The van der Waals surface area contributed by atoms with Crippen LogP contribution in [0.4, 0.5) is 0 Å². The summed E-state index contributed by atoms with van der Waals surface area (Å²) in [6.45, 7) is 2.75. The Morgan fingerprint density at radius 2 is 1.58 bits per heavy atom. The van der Waals surface area contributed by atoms with E-state index in [9.17, 15) is 34.5 Å². The highest BCUT2D eigenvalue weighted by Gasteiger charge is 2.32. The maximum absolute atomic E-state index is 12.8. The Bertz CT molecular complexity index is 821. The molecule has 1 aromatic carbocycles. The van der Waals surface area contributed by atoms with Crippen molar-refractivity contribution >= 4 is 36.3 Å². The number of carboxylic acids is 1. The smallest absolute Gasteiger partial charge is 0.326 e. The van der Waals surface area contributed by atoms with E-state index < -0.39 is 54.5 Å². The minimum atomic E-state index is -1.44. The van der Waals surface area contributed by atoms with Gasteiger partial charge in [-0.25, -0.2) is 4.79 Å². The van der Waals surface area contributed by atoms with E-state index in [0.717, 1.165) is 0 Å². The fraction of sp³-hybridized carbons (Fsp3) is 0.524. The number of nitrogens with two attached hydrogens (primary N) is 1. The number of aromatic hydroxyl groups is 1. The van der Waals surface area contributed by atoms with Crippen molar-refractivity contribution < 1.29 is 34.5 Å². The molecule has 8 N–H and O–H groups in total. The Morgan fingerprint density at radius 3 is 2.06 bits per heavy atom. The van der Waals surface area contributed by atoms with Crippen molar-refractivity contribution in [2.75, 3.05) is 12.4 Å². The highest BCUT2D eigenvalue weighted by molar-refractivity contribution is 7.80. The highest BCUT2D eigenvalue weighted by Crippen LogP contribution is 2.12. The molecule has 11 nitrogen and oxygen atoms in total. The zero-order valence-electron chi connectivity index (χ0n) is 18.5. The minimum absolute atomic E-state index is 0.0102. The number of carbonyl (C=O) groups is 4. The molecule has 0 aliphatic rings. The molecule has 0 bridgehead atoms. The van der Waals surface area contributed by atoms with E-state index in [1.54, 1.807) is 6.92 Å². The first-order valence-corrected chi connectivity index (χ1v) is 11.1. The Hall–Kier alpha value is -2.83. The molecule has 1 aromatic rings. The van der Waals surface area contributed by atoms with Crippen molar-refractivity contribution in [2.24, 2.45) is 11.7 Å². The molecule has 0 aliphatic carbocycles. The molecule has 184 valence electrons. The number of hydrogen-bond donors (Lipinski definition) is 8. The molecule has 5 unspecified atom stereocenters. The van der Waals surface area contributed by atoms with Crippen LogP contribution in [0.25, 0.3) is 0 Å². The van der Waals surface area contributed by atoms with Crippen LogP contribution in [-0.4, -0.2) is 75.5 Å². The molecular formula is C21H32N4O7S. The summed E-state index contributed by atoms with van der Waals surface area (Å²) in [6.07, 6.45) is 0.443. The molecular weight excluding hydrogens is 452 g/mol. The van der Waals surface area contributed by atoms with E-state index in [0.29, 0.717) is 12.0 Å². The Kier molecular flexibility index (Phi) is 11.7. The third-order valence-corrected chi connectivity index (χ3v) is 5.53. The zero-order valence-corrected chi connectivity index (χ0v) is 19.4. The molecule has 0 heterocycles. The lowest BCUT2D eigenvalue weighted by Gasteiger charge is -2.27. The number of benzene rings is 1. The number of nitrogens with one attached hydrogen (secondary N) is 3. The molecule has 5 atom stereocenters. The molecule has 0 aromatic heterocycles. The summed E-state index contributed by atoms with van der Waals surface area (Å²) in [5, 5.41) is 35.6. The summed E-state index contributed by atoms with van der Waals surface area (Å²) in [5.74, 6) is -3.76. The van der Waals surface area contributed by atoms with Gasteiger partial charge in [-0.3, -0.25) is 14.4 Å². The van der Waals surface area contributed by atoms with Crippen LogP contribution in [-0.2, 0) is 25.6 Å². The van der Waals surface area contributed by atoms with E-state index in [1.807, 2.05) is 6.92 Å². The fourth-order valence-electron chi connectivity index (χ4n) is 2.84. The molecule has 0 saturated carbocycles. The molecule has 0 radical (unpaired) electrons. The number of aliphatic hydroxyl groups excluding tert-OH is 1. The van der Waals surface area contributed by atoms with Gasteiger partial charge in [0.1, 0.15) is 23.9 Å². The molecule has 12 heteroatoms. The standard InChI is InChI=1S/C21H32N4O7S/c1-3-11(2)17(25-18(28)14(22)10-33)20(30)24-16(9-26)19(29)23-15(21(31)32)8-12-4-6-13(27)7-5-12/h4-7,11,14-17,26-27,33H,3,8-10,22H2,1-2H3,(H,23,29)(H,24,30)(H,25,28)(H,31,32). The zero-order chi connectivity index (χ0) is 25.1. The number of phenolic OH excluding ortho intramolecular Hbond substituents is 1. The largest absolute Gasteiger partial charge is 0.508 e. The fourth-order valence-corrected chi connectivity index (χ4v) is 3.01. The van der Waals surface area contributed by atoms with E-state index >= 15 is 0 Å². The summed E-state index contributed by atoms with van der Waals surface area (Å²) in [7, 11) is 0. The number of rotatable bonds is 13. The number of phenols is 1. The Labute approximate surface area is 197 Å². The van der Waals surface area contributed by atoms with Gasteiger partial charge in [-0.05, 0) is 23.6 Å². The van der Waals surface area contributed by atoms with Gasteiger partial charge >= 0.3 is 5.97 Å². The van der Waals surface area contributed by atoms with Gasteiger partial charge in [0, 0.05) is 12.2 Å². The first-order chi connectivity index (χ1) is 15.5. The van der Waals surface area contributed by atoms with Crippen molar-refractivity contribution in [3.05, 3.63) is 29.8 Å². The molecule has 33 heavy (non-hydrogen) atoms. The van der Waals surface area contributed by atoms with Crippen LogP contribution >= 0.6 is 12.6 Å². The van der Waals surface area contributed by atoms with Gasteiger partial charge < -0.3 is 37.0 Å². The SMILES string of the molecule is CCC(C)C(NC(=O)C(N)CS)C(=O)NC(CO)C(=O)NC(Cc1ccc(O)cc1)C(=O)O. The first kappa shape index (κ1) is 28.2. The molecule has 0 aliphatic heterocycles. The van der Waals surface area contributed by atoms with Gasteiger partial charge in [-0.2, -0.15) is 12.6 Å². The number of carboxylic acid groups (broad SMARTS) is 1. The third-order valence-electron chi connectivity index (χ3n) is 5.13. The van der Waals surface area contributed by atoms with Crippen LogP contribution in [0, 0.1) is 5.92 Å². The predicted octanol–water partition coefficient (Wildman–Crippen LogP) is -1.23. The van der Waals surface area contributed by atoms with Gasteiger partial charge in [0.25, 0.3) is 0 Å². The predicted molar refractivity (Wildman–Crippen MR) is 124 cm³/mol. The van der Waals surface area contributed by atoms with Gasteiger partial charge in [0.05, 0.1) is 12.6 Å². The van der Waals surface area contributed by atoms with Crippen molar-refractivity contribution in [1.29, 1.82) is 0 Å². The van der Waals surface area contributed by atoms with Gasteiger partial charge in [-0.15, -0.1) is 0 Å². The summed E-state index contributed by atoms with van der Waals surface area (Å²) in [4.78, 5) is 49.1. The molecule has 0 spiro atoms. The maximum Gasteiger partial charge on any atom is 0.326 e. The summed E-state index contributed by atoms with van der Waals surface area (Å²) < 4.78 is 0. The normalized spacial score (nSPS) is 15.4. The summed E-state index contributed by atoms with van der Waals surface area (Å²) >= 11 is 3.96. The summed E-state index contributed by atoms with van der Waals surface area (Å²) in [5.41, 5.74) is 6.19. The second-order valence-electron chi connectivity index (χ2n) is 7.67. The first-order valence-electron chi connectivity index (χ1n) is 10.4. The van der Waals surface area contributed by atoms with Crippen LogP contribution in [0.2, 0.25) is 0 Å². The topological polar surface area (TPSA) is 191 Å². The minimum Gasteiger partial charge on any atom is -0.508 e. The number of hydrogen-bond acceptors (Lipinski definition) is 8. The number of aliphatic carboxylic acids is 1. The number of amides is 3. The monoisotopic (exact) mass is 484 g/mol. The van der Waals surface area contributed by atoms with Crippen LogP contribution in [0.1, 0.15) is 25.8 Å². The lowest BCUT2D eigenvalue weighted by molar-refractivity contribution is -0.142. The quantitative estimate of drug-likeness (QED) is 0.160. The molecule has 0 fully saturated rings. The second kappa shape index (κ2) is 13.7. The van der Waals surface area contributed by atoms with Crippen molar-refractivity contribution in [3.8, 4) is 5.75 Å². The van der Waals surface area contributed by atoms with Gasteiger partial charge in [-0.1, -0.05) is 32.4 Å². The van der Waals surface area contributed by atoms with Gasteiger partial charge in [0.2, 0.25) is 17.7 Å². The van der Waals surface area contributed by atoms with E-state index in [-0.39, 0.29) is 23.8 Å². The lowest BCUT2D eigenvalue weighted by Crippen LogP contribution is -2.59. The second-order valence-corrected chi connectivity index (χ2v) is 8.04. The van der Waals surface area contributed by atoms with Crippen molar-refractivity contribution in [2.45, 2.75) is 50.9 Å². The van der Waals surface area contributed by atoms with E-state index in [1.165, 1.54) is 24.3 Å². The van der Waals surface area contributed by atoms with Gasteiger partial charge in [0.15, 0.2) is 0 Å². The highest BCUT2D eigenvalue weighted by atomic mass is 32.1. The molecule has 1 rings (SSSR count). The Balaban J connectivity index is 2.89. The Morgan fingerprint density at radius 1 is 1.00 bits per heavy atom. The number of aliphatic hydroxyl groups is 1. The number of thiol groups is 1. The van der Waals surface area contributed by atoms with Crippen LogP contribution in [0.5, 0.6) is 5.75 Å². The molecule has 3 amide bonds. The van der Waals surface area contributed by atoms with E-state index in [2.05, 4.69) is 28.6 Å². The van der Waals surface area contributed by atoms with E-state index in [4.69, 9.17) is 5.73 Å². The third kappa shape index (κ3) is 8.91. The van der Waals surface area contributed by atoms with Crippen molar-refractivity contribution in [1.82, 2.24) is 16.0 Å². The lowest BCUT2D eigenvalue weighted by atomic mass is 9.97.